The minimum Gasteiger partial charge on any atom is -0.383 e. The van der Waals surface area contributed by atoms with Gasteiger partial charge in [0.05, 0.1) is 6.54 Å². The Bertz CT molecular complexity index is 723. The van der Waals surface area contributed by atoms with Crippen molar-refractivity contribution in [3.63, 3.8) is 0 Å². The van der Waals surface area contributed by atoms with Crippen molar-refractivity contribution in [3.05, 3.63) is 65.5 Å². The van der Waals surface area contributed by atoms with Crippen LogP contribution < -0.4 is 10.6 Å². The summed E-state index contributed by atoms with van der Waals surface area (Å²) in [6.45, 7) is 3.93. The Morgan fingerprint density at radius 3 is 2.77 bits per heavy atom. The molecular formula is C20H27IN4O. The zero-order valence-electron chi connectivity index (χ0n) is 15.1. The van der Waals surface area contributed by atoms with Gasteiger partial charge in [0.2, 0.25) is 0 Å². The molecule has 26 heavy (non-hydrogen) atoms. The van der Waals surface area contributed by atoms with Gasteiger partial charge in [-0.25, -0.2) is 4.99 Å². The van der Waals surface area contributed by atoms with Crippen LogP contribution in [0.4, 0.5) is 0 Å². The van der Waals surface area contributed by atoms with E-state index in [0.29, 0.717) is 6.54 Å². The van der Waals surface area contributed by atoms with E-state index in [0.717, 1.165) is 49.6 Å². The summed E-state index contributed by atoms with van der Waals surface area (Å²) < 4.78 is 0. The number of aromatic nitrogens is 1. The van der Waals surface area contributed by atoms with Crippen LogP contribution in [0.3, 0.4) is 0 Å². The summed E-state index contributed by atoms with van der Waals surface area (Å²) >= 11 is 0. The van der Waals surface area contributed by atoms with Gasteiger partial charge in [-0.2, -0.15) is 0 Å². The van der Waals surface area contributed by atoms with Gasteiger partial charge in [0, 0.05) is 31.4 Å². The molecule has 0 saturated heterocycles. The number of guanidine groups is 1. The number of aryl methyl sites for hydroxylation is 1. The van der Waals surface area contributed by atoms with Gasteiger partial charge in [0.1, 0.15) is 5.60 Å². The first kappa shape index (κ1) is 20.6. The summed E-state index contributed by atoms with van der Waals surface area (Å²) in [5.74, 6) is 0.733. The van der Waals surface area contributed by atoms with Crippen molar-refractivity contribution in [2.24, 2.45) is 4.99 Å². The average Bonchev–Trinajstić information content (AvgIpc) is 2.98. The molecule has 3 rings (SSSR count). The number of hydrogen-bond acceptors (Lipinski definition) is 3. The van der Waals surface area contributed by atoms with Crippen molar-refractivity contribution in [1.82, 2.24) is 15.6 Å². The number of aliphatic imine (C=N–C) groups is 1. The predicted octanol–water partition coefficient (Wildman–Crippen LogP) is 2.63. The van der Waals surface area contributed by atoms with E-state index in [1.807, 2.05) is 49.5 Å². The molecule has 1 aromatic carbocycles. The standard InChI is InChI=1S/C20H26N4O.HI/c1-2-21-19(23-14-11-17-8-5-6-13-22-17)24-15-20(25)12-10-16-7-3-4-9-18(16)20;/h3-9,13,25H,2,10-12,14-15H2,1H3,(H2,21,23,24);1H. The van der Waals surface area contributed by atoms with Crippen LogP contribution in [0.2, 0.25) is 0 Å². The van der Waals surface area contributed by atoms with E-state index in [2.05, 4.69) is 26.7 Å². The molecule has 0 amide bonds. The lowest BCUT2D eigenvalue weighted by Crippen LogP contribution is -2.40. The molecule has 1 aliphatic rings. The maximum atomic E-state index is 11.0. The Kier molecular flexibility index (Phi) is 7.84. The third kappa shape index (κ3) is 5.17. The van der Waals surface area contributed by atoms with E-state index < -0.39 is 5.60 Å². The Balaban J connectivity index is 0.00000243. The van der Waals surface area contributed by atoms with Crippen molar-refractivity contribution in [3.8, 4) is 0 Å². The van der Waals surface area contributed by atoms with Gasteiger partial charge in [-0.1, -0.05) is 30.3 Å². The van der Waals surface area contributed by atoms with Gasteiger partial charge in [-0.15, -0.1) is 24.0 Å². The van der Waals surface area contributed by atoms with Crippen LogP contribution in [0.1, 0.15) is 30.2 Å². The maximum absolute atomic E-state index is 11.0. The smallest absolute Gasteiger partial charge is 0.191 e. The second-order valence-electron chi connectivity index (χ2n) is 6.38. The van der Waals surface area contributed by atoms with Crippen LogP contribution in [0, 0.1) is 0 Å². The number of aliphatic hydroxyl groups is 1. The normalized spacial score (nSPS) is 18.8. The summed E-state index contributed by atoms with van der Waals surface area (Å²) in [5, 5.41) is 17.6. The zero-order chi connectivity index (χ0) is 17.5. The highest BCUT2D eigenvalue weighted by Crippen LogP contribution is 2.36. The molecule has 1 aromatic heterocycles. The summed E-state index contributed by atoms with van der Waals surface area (Å²) in [6, 6.07) is 14.0. The Labute approximate surface area is 172 Å². The third-order valence-corrected chi connectivity index (χ3v) is 4.57. The molecule has 0 bridgehead atoms. The minimum absolute atomic E-state index is 0. The second-order valence-corrected chi connectivity index (χ2v) is 6.38. The first-order valence-electron chi connectivity index (χ1n) is 8.94. The van der Waals surface area contributed by atoms with Crippen LogP contribution in [0.25, 0.3) is 0 Å². The number of rotatable bonds is 6. The van der Waals surface area contributed by atoms with E-state index >= 15 is 0 Å². The van der Waals surface area contributed by atoms with Crippen molar-refractivity contribution in [1.29, 1.82) is 0 Å². The molecule has 1 aliphatic carbocycles. The molecule has 0 radical (unpaired) electrons. The first-order valence-corrected chi connectivity index (χ1v) is 8.94. The fraction of sp³-hybridized carbons (Fsp3) is 0.400. The molecular weight excluding hydrogens is 439 g/mol. The van der Waals surface area contributed by atoms with Crippen LogP contribution in [0.15, 0.2) is 53.7 Å². The molecule has 140 valence electrons. The summed E-state index contributed by atoms with van der Waals surface area (Å²) in [6.07, 6.45) is 4.27. The highest BCUT2D eigenvalue weighted by atomic mass is 127. The van der Waals surface area contributed by atoms with Gasteiger partial charge in [-0.3, -0.25) is 4.98 Å². The molecule has 1 atom stereocenters. The topological polar surface area (TPSA) is 69.5 Å². The molecule has 6 heteroatoms. The van der Waals surface area contributed by atoms with Gasteiger partial charge < -0.3 is 15.7 Å². The summed E-state index contributed by atoms with van der Waals surface area (Å²) in [7, 11) is 0. The fourth-order valence-electron chi connectivity index (χ4n) is 3.24. The SMILES string of the molecule is CCNC(=NCC1(O)CCc2ccccc21)NCCc1ccccn1.I. The van der Waals surface area contributed by atoms with E-state index in [1.165, 1.54) is 5.56 Å². The molecule has 2 aromatic rings. The lowest BCUT2D eigenvalue weighted by Gasteiger charge is -2.22. The van der Waals surface area contributed by atoms with Gasteiger partial charge >= 0.3 is 0 Å². The van der Waals surface area contributed by atoms with Gasteiger partial charge in [0.25, 0.3) is 0 Å². The number of pyridine rings is 1. The van der Waals surface area contributed by atoms with E-state index in [-0.39, 0.29) is 24.0 Å². The van der Waals surface area contributed by atoms with Crippen LogP contribution in [-0.4, -0.2) is 35.7 Å². The molecule has 0 spiro atoms. The Morgan fingerprint density at radius 1 is 1.19 bits per heavy atom. The molecule has 3 N–H and O–H groups in total. The second kappa shape index (κ2) is 9.87. The number of halogens is 1. The van der Waals surface area contributed by atoms with Crippen LogP contribution >= 0.6 is 24.0 Å². The van der Waals surface area contributed by atoms with Gasteiger partial charge in [0.15, 0.2) is 5.96 Å². The number of nitrogens with zero attached hydrogens (tertiary/aromatic N) is 2. The average molecular weight is 466 g/mol. The number of hydrogen-bond donors (Lipinski definition) is 3. The molecule has 0 saturated carbocycles. The quantitative estimate of drug-likeness (QED) is 0.348. The summed E-state index contributed by atoms with van der Waals surface area (Å²) in [4.78, 5) is 8.95. The van der Waals surface area contributed by atoms with Crippen molar-refractivity contribution in [2.75, 3.05) is 19.6 Å². The minimum atomic E-state index is -0.861. The summed E-state index contributed by atoms with van der Waals surface area (Å²) in [5.41, 5.74) is 2.44. The van der Waals surface area contributed by atoms with Crippen molar-refractivity contribution >= 4 is 29.9 Å². The largest absolute Gasteiger partial charge is 0.383 e. The molecule has 1 heterocycles. The van der Waals surface area contributed by atoms with E-state index in [1.54, 1.807) is 0 Å². The number of fused-ring (bicyclic) bond motifs is 1. The van der Waals surface area contributed by atoms with Crippen molar-refractivity contribution in [2.45, 2.75) is 31.8 Å². The van der Waals surface area contributed by atoms with Crippen molar-refractivity contribution < 1.29 is 5.11 Å². The number of nitrogens with one attached hydrogen (secondary N) is 2. The first-order chi connectivity index (χ1) is 12.2. The molecule has 1 unspecified atom stereocenters. The third-order valence-electron chi connectivity index (χ3n) is 4.57. The zero-order valence-corrected chi connectivity index (χ0v) is 17.4. The fourth-order valence-corrected chi connectivity index (χ4v) is 3.24. The predicted molar refractivity (Wildman–Crippen MR) is 116 cm³/mol. The Morgan fingerprint density at radius 2 is 2.00 bits per heavy atom. The Hall–Kier alpha value is -1.67. The highest BCUT2D eigenvalue weighted by molar-refractivity contribution is 14.0. The molecule has 0 aliphatic heterocycles. The van der Waals surface area contributed by atoms with E-state index in [9.17, 15) is 5.11 Å². The highest BCUT2D eigenvalue weighted by Gasteiger charge is 2.36. The number of benzene rings is 1. The van der Waals surface area contributed by atoms with E-state index in [4.69, 9.17) is 0 Å². The van der Waals surface area contributed by atoms with Crippen LogP contribution in [0.5, 0.6) is 0 Å². The monoisotopic (exact) mass is 466 g/mol. The molecule has 0 fully saturated rings. The lowest BCUT2D eigenvalue weighted by atomic mass is 9.96. The lowest BCUT2D eigenvalue weighted by molar-refractivity contribution is 0.0485. The van der Waals surface area contributed by atoms with Gasteiger partial charge in [-0.05, 0) is 43.0 Å². The molecule has 5 nitrogen and oxygen atoms in total. The maximum Gasteiger partial charge on any atom is 0.191 e. The van der Waals surface area contributed by atoms with Crippen LogP contribution in [-0.2, 0) is 18.4 Å².